The number of nitrogens with two attached hydrogens (primary N) is 1. The molecule has 106 valence electrons. The molecule has 3 heterocycles. The number of carbonyl (C=O) groups excluding carboxylic acids is 1. The molecule has 2 unspecified atom stereocenters. The maximum atomic E-state index is 12.4. The number of amides is 1. The summed E-state index contributed by atoms with van der Waals surface area (Å²) in [5.41, 5.74) is 5.99. The van der Waals surface area contributed by atoms with Gasteiger partial charge in [-0.05, 0) is 37.9 Å². The van der Waals surface area contributed by atoms with Crippen LogP contribution < -0.4 is 5.73 Å². The molecule has 0 aromatic carbocycles. The Kier molecular flexibility index (Phi) is 3.31. The summed E-state index contributed by atoms with van der Waals surface area (Å²) in [7, 11) is 0. The molecule has 6 heteroatoms. The minimum Gasteiger partial charge on any atom is -0.461 e. The molecule has 3 rings (SSSR count). The zero-order valence-corrected chi connectivity index (χ0v) is 11.3. The minimum absolute atomic E-state index is 0.116. The fourth-order valence-corrected chi connectivity index (χ4v) is 2.65. The molecule has 2 aromatic heterocycles. The summed E-state index contributed by atoms with van der Waals surface area (Å²) >= 11 is 0. The van der Waals surface area contributed by atoms with E-state index in [4.69, 9.17) is 14.7 Å². The zero-order valence-electron chi connectivity index (χ0n) is 11.3. The van der Waals surface area contributed by atoms with E-state index in [2.05, 4.69) is 5.16 Å². The van der Waals surface area contributed by atoms with E-state index in [1.807, 2.05) is 6.92 Å². The Balaban J connectivity index is 1.78. The van der Waals surface area contributed by atoms with Crippen LogP contribution in [-0.2, 0) is 0 Å². The topological polar surface area (TPSA) is 85.5 Å². The molecule has 6 nitrogen and oxygen atoms in total. The van der Waals surface area contributed by atoms with Crippen LogP contribution in [0.25, 0.3) is 11.5 Å². The van der Waals surface area contributed by atoms with Crippen molar-refractivity contribution in [2.45, 2.75) is 19.4 Å². The lowest BCUT2D eigenvalue weighted by atomic mass is 10.1. The van der Waals surface area contributed by atoms with E-state index in [-0.39, 0.29) is 11.9 Å². The highest BCUT2D eigenvalue weighted by molar-refractivity contribution is 5.93. The predicted molar refractivity (Wildman–Crippen MR) is 71.9 cm³/mol. The number of furan rings is 1. The number of likely N-dealkylation sites (tertiary alicyclic amines) is 1. The predicted octanol–water partition coefficient (Wildman–Crippen LogP) is 1.74. The molecule has 2 N–H and O–H groups in total. The van der Waals surface area contributed by atoms with Crippen molar-refractivity contribution in [3.63, 3.8) is 0 Å². The Morgan fingerprint density at radius 3 is 3.05 bits per heavy atom. The number of aromatic nitrogens is 1. The highest BCUT2D eigenvalue weighted by Crippen LogP contribution is 2.26. The van der Waals surface area contributed by atoms with Gasteiger partial charge < -0.3 is 19.6 Å². The molecular formula is C14H17N3O3. The Labute approximate surface area is 116 Å². The molecule has 1 amide bonds. The Morgan fingerprint density at radius 1 is 1.55 bits per heavy atom. The average Bonchev–Trinajstić information content (AvgIpc) is 3.17. The first kappa shape index (κ1) is 12.9. The third-order valence-electron chi connectivity index (χ3n) is 3.75. The van der Waals surface area contributed by atoms with E-state index in [1.165, 1.54) is 0 Å². The van der Waals surface area contributed by atoms with Gasteiger partial charge in [0.25, 0.3) is 5.91 Å². The zero-order chi connectivity index (χ0) is 14.1. The largest absolute Gasteiger partial charge is 0.461 e. The number of hydrogen-bond donors (Lipinski definition) is 1. The van der Waals surface area contributed by atoms with Gasteiger partial charge in [0.15, 0.2) is 11.5 Å². The third-order valence-corrected chi connectivity index (χ3v) is 3.75. The molecule has 0 radical (unpaired) electrons. The van der Waals surface area contributed by atoms with Gasteiger partial charge in [0.05, 0.1) is 6.26 Å². The molecule has 0 aliphatic carbocycles. The Morgan fingerprint density at radius 2 is 2.40 bits per heavy atom. The first-order valence-corrected chi connectivity index (χ1v) is 6.70. The average molecular weight is 275 g/mol. The van der Waals surface area contributed by atoms with Crippen molar-refractivity contribution in [1.29, 1.82) is 0 Å². The fraction of sp³-hybridized carbons (Fsp3) is 0.429. The van der Waals surface area contributed by atoms with Crippen molar-refractivity contribution in [2.24, 2.45) is 11.7 Å². The van der Waals surface area contributed by atoms with E-state index >= 15 is 0 Å². The first-order valence-electron chi connectivity index (χ1n) is 6.70. The summed E-state index contributed by atoms with van der Waals surface area (Å²) in [6, 6.07) is 5.31. The van der Waals surface area contributed by atoms with Gasteiger partial charge >= 0.3 is 0 Å². The SMILES string of the molecule is CC1CC(CN)CN1C(=O)c1cc(-c2ccco2)on1. The number of rotatable bonds is 3. The van der Waals surface area contributed by atoms with Crippen LogP contribution in [0.2, 0.25) is 0 Å². The van der Waals surface area contributed by atoms with E-state index in [0.717, 1.165) is 6.42 Å². The summed E-state index contributed by atoms with van der Waals surface area (Å²) in [4.78, 5) is 14.2. The minimum atomic E-state index is -0.116. The summed E-state index contributed by atoms with van der Waals surface area (Å²) in [5.74, 6) is 1.27. The molecular weight excluding hydrogens is 258 g/mol. The van der Waals surface area contributed by atoms with Crippen LogP contribution in [-0.4, -0.2) is 35.1 Å². The molecule has 2 aromatic rings. The Bertz CT molecular complexity index is 591. The van der Waals surface area contributed by atoms with E-state index in [1.54, 1.807) is 29.4 Å². The van der Waals surface area contributed by atoms with Crippen LogP contribution >= 0.6 is 0 Å². The molecule has 0 spiro atoms. The summed E-state index contributed by atoms with van der Waals surface area (Å²) < 4.78 is 10.4. The molecule has 1 aliphatic heterocycles. The molecule has 1 aliphatic rings. The van der Waals surface area contributed by atoms with Gasteiger partial charge in [0, 0.05) is 18.7 Å². The van der Waals surface area contributed by atoms with Crippen LogP contribution in [0.3, 0.4) is 0 Å². The smallest absolute Gasteiger partial charge is 0.276 e. The normalized spacial score (nSPS) is 22.4. The van der Waals surface area contributed by atoms with Crippen molar-refractivity contribution in [3.05, 3.63) is 30.2 Å². The summed E-state index contributed by atoms with van der Waals surface area (Å²) in [5, 5.41) is 3.84. The fourth-order valence-electron chi connectivity index (χ4n) is 2.65. The first-order chi connectivity index (χ1) is 9.69. The third kappa shape index (κ3) is 2.22. The lowest BCUT2D eigenvalue weighted by Crippen LogP contribution is -2.34. The van der Waals surface area contributed by atoms with Crippen LogP contribution in [0.1, 0.15) is 23.8 Å². The molecule has 2 atom stereocenters. The maximum Gasteiger partial charge on any atom is 0.276 e. The number of carbonyl (C=O) groups is 1. The van der Waals surface area contributed by atoms with Crippen molar-refractivity contribution in [1.82, 2.24) is 10.1 Å². The van der Waals surface area contributed by atoms with Gasteiger partial charge in [-0.2, -0.15) is 0 Å². The van der Waals surface area contributed by atoms with Crippen molar-refractivity contribution in [3.8, 4) is 11.5 Å². The van der Waals surface area contributed by atoms with Gasteiger partial charge in [-0.25, -0.2) is 0 Å². The van der Waals surface area contributed by atoms with E-state index in [9.17, 15) is 4.79 Å². The summed E-state index contributed by atoms with van der Waals surface area (Å²) in [6.07, 6.45) is 2.48. The van der Waals surface area contributed by atoms with Crippen LogP contribution in [0, 0.1) is 5.92 Å². The van der Waals surface area contributed by atoms with Gasteiger partial charge in [-0.3, -0.25) is 4.79 Å². The van der Waals surface area contributed by atoms with Crippen molar-refractivity contribution >= 4 is 5.91 Å². The number of hydrogen-bond acceptors (Lipinski definition) is 5. The lowest BCUT2D eigenvalue weighted by molar-refractivity contribution is 0.0733. The maximum absolute atomic E-state index is 12.4. The van der Waals surface area contributed by atoms with Crippen molar-refractivity contribution < 1.29 is 13.7 Å². The second kappa shape index (κ2) is 5.13. The van der Waals surface area contributed by atoms with Gasteiger partial charge in [0.1, 0.15) is 0 Å². The van der Waals surface area contributed by atoms with Gasteiger partial charge in [0.2, 0.25) is 5.76 Å². The lowest BCUT2D eigenvalue weighted by Gasteiger charge is -2.19. The molecule has 20 heavy (non-hydrogen) atoms. The van der Waals surface area contributed by atoms with Crippen LogP contribution in [0.4, 0.5) is 0 Å². The summed E-state index contributed by atoms with van der Waals surface area (Å²) in [6.45, 7) is 3.31. The quantitative estimate of drug-likeness (QED) is 0.922. The van der Waals surface area contributed by atoms with Crippen molar-refractivity contribution in [2.75, 3.05) is 13.1 Å². The molecule has 0 saturated carbocycles. The molecule has 1 saturated heterocycles. The highest BCUT2D eigenvalue weighted by atomic mass is 16.5. The second-order valence-corrected chi connectivity index (χ2v) is 5.20. The van der Waals surface area contributed by atoms with Gasteiger partial charge in [-0.15, -0.1) is 0 Å². The standard InChI is InChI=1S/C14H17N3O3/c1-9-5-10(7-15)8-17(9)14(18)11-6-13(20-16-11)12-3-2-4-19-12/h2-4,6,9-10H,5,7-8,15H2,1H3. The molecule has 0 bridgehead atoms. The van der Waals surface area contributed by atoms with Crippen LogP contribution in [0.5, 0.6) is 0 Å². The van der Waals surface area contributed by atoms with E-state index < -0.39 is 0 Å². The number of nitrogens with zero attached hydrogens (tertiary/aromatic N) is 2. The van der Waals surface area contributed by atoms with Gasteiger partial charge in [-0.1, -0.05) is 5.16 Å². The Hall–Kier alpha value is -2.08. The highest BCUT2D eigenvalue weighted by Gasteiger charge is 2.33. The second-order valence-electron chi connectivity index (χ2n) is 5.20. The van der Waals surface area contributed by atoms with E-state index in [0.29, 0.717) is 36.2 Å². The molecule has 1 fully saturated rings. The van der Waals surface area contributed by atoms with Crippen LogP contribution in [0.15, 0.2) is 33.4 Å². The monoisotopic (exact) mass is 275 g/mol.